The number of aromatic nitrogens is 1. The predicted octanol–water partition coefficient (Wildman–Crippen LogP) is 5.44. The van der Waals surface area contributed by atoms with Crippen LogP contribution >= 0.6 is 0 Å². The van der Waals surface area contributed by atoms with E-state index in [0.29, 0.717) is 28.7 Å². The number of carbonyl (C=O) groups is 4. The number of primary amides is 1. The van der Waals surface area contributed by atoms with E-state index < -0.39 is 68.6 Å². The van der Waals surface area contributed by atoms with Crippen molar-refractivity contribution in [2.24, 2.45) is 23.5 Å². The van der Waals surface area contributed by atoms with Gasteiger partial charge >= 0.3 is 6.09 Å². The molecule has 1 aromatic carbocycles. The summed E-state index contributed by atoms with van der Waals surface area (Å²) in [6, 6.07) is 4.40. The second kappa shape index (κ2) is 17.0. The van der Waals surface area contributed by atoms with Crippen LogP contribution in [0.25, 0.3) is 10.8 Å². The molecule has 3 heterocycles. The number of fused-ring (bicyclic) bond motifs is 3. The largest absolute Gasteiger partial charge is 0.493 e. The number of hydrogen-bond donors (Lipinski definition) is 3. The van der Waals surface area contributed by atoms with Gasteiger partial charge in [0.15, 0.2) is 11.5 Å². The van der Waals surface area contributed by atoms with Crippen molar-refractivity contribution in [2.45, 2.75) is 114 Å². The molecule has 0 spiro atoms. The van der Waals surface area contributed by atoms with E-state index >= 15 is 0 Å². The number of allylic oxidation sites excluding steroid dienone is 1. The molecule has 320 valence electrons. The molecule has 4 N–H and O–H groups in total. The SMILES string of the molecule is CC(C)(C)OC(N)=O.COc1cc2ccnc(O[C@@H]3C[C@H]4C(=O)N[C@]5(C(=O)NS(=O)(=O)C6(CF)CC6)C[C@H]5/C=C\CC[C@@H](C)C[C@@H](C)CC(=O)N4C3)c2cc1OC.[HH].[HH].[HH]. The molecule has 3 fully saturated rings. The van der Waals surface area contributed by atoms with E-state index in [4.69, 9.17) is 19.9 Å². The monoisotopic (exact) mass is 823 g/mol. The van der Waals surface area contributed by atoms with E-state index in [-0.39, 0.29) is 54.8 Å². The number of methoxy groups -OCH3 is 2. The number of hydrogen-bond acceptors (Lipinski definition) is 11. The average Bonchev–Trinajstić information content (AvgIpc) is 4.03. The number of sulfonamides is 1. The third-order valence-electron chi connectivity index (χ3n) is 10.9. The van der Waals surface area contributed by atoms with Crippen LogP contribution < -0.4 is 30.0 Å². The first-order valence-corrected chi connectivity index (χ1v) is 20.8. The number of nitrogens with two attached hydrogens (primary N) is 1. The van der Waals surface area contributed by atoms with Gasteiger partial charge in [-0.3, -0.25) is 19.1 Å². The van der Waals surface area contributed by atoms with Gasteiger partial charge in [-0.2, -0.15) is 0 Å². The number of rotatable bonds is 8. The quantitative estimate of drug-likeness (QED) is 0.286. The standard InChI is InChI=1S/C35H45FN4O8S.C5H11NO2.3H2/c1-21-7-5-6-8-24-18-35(24,33(43)39-49(44,45)34(20-36)10-11-34)38-31(42)27-16-25(19-40(27)30(41)14-22(2)13-21)48-32-26-17-29(47-4)28(46-3)15-23(26)9-12-37-32;1-5(2,3)8-4(6)7;;;/h6,8-9,12,15,17,21-22,24-25,27H,5,7,10-11,13-14,16,18-20H2,1-4H3,(H,38,42)(H,39,43);1-3H3,(H2,6,7);3*1H/b8-6-;;;;/t21-,22-,24-,25-,27+,35-;;;;/m1..../s1. The fourth-order valence-electron chi connectivity index (χ4n) is 7.60. The van der Waals surface area contributed by atoms with E-state index in [1.54, 1.807) is 40.1 Å². The highest BCUT2D eigenvalue weighted by molar-refractivity contribution is 7.91. The first-order valence-electron chi connectivity index (χ1n) is 19.3. The van der Waals surface area contributed by atoms with Crippen LogP contribution in [0.5, 0.6) is 17.4 Å². The van der Waals surface area contributed by atoms with Crippen LogP contribution in [0.2, 0.25) is 0 Å². The highest BCUT2D eigenvalue weighted by Crippen LogP contribution is 2.48. The van der Waals surface area contributed by atoms with Gasteiger partial charge in [-0.05, 0) is 94.7 Å². The number of benzene rings is 1. The molecule has 17 heteroatoms. The Hall–Kier alpha value is -4.67. The van der Waals surface area contributed by atoms with Crippen molar-refractivity contribution in [3.05, 3.63) is 36.5 Å². The van der Waals surface area contributed by atoms with Crippen molar-refractivity contribution >= 4 is 44.6 Å². The Bertz CT molecular complexity index is 2000. The fourth-order valence-corrected chi connectivity index (χ4v) is 9.02. The van der Waals surface area contributed by atoms with Gasteiger partial charge in [-0.1, -0.05) is 26.0 Å². The minimum atomic E-state index is -4.31. The molecule has 4 aliphatic rings. The van der Waals surface area contributed by atoms with Crippen LogP contribution in [-0.4, -0.2) is 97.6 Å². The molecule has 57 heavy (non-hydrogen) atoms. The van der Waals surface area contributed by atoms with Crippen LogP contribution in [-0.2, 0) is 29.1 Å². The molecule has 4 amide bonds. The van der Waals surface area contributed by atoms with Gasteiger partial charge in [0.25, 0.3) is 5.91 Å². The first-order chi connectivity index (χ1) is 26.8. The lowest BCUT2D eigenvalue weighted by atomic mass is 9.91. The number of alkyl halides is 1. The minimum absolute atomic E-state index is 0. The van der Waals surface area contributed by atoms with Gasteiger partial charge in [0, 0.05) is 34.6 Å². The predicted molar refractivity (Wildman–Crippen MR) is 216 cm³/mol. The van der Waals surface area contributed by atoms with Crippen molar-refractivity contribution in [3.63, 3.8) is 0 Å². The zero-order valence-electron chi connectivity index (χ0n) is 33.8. The summed E-state index contributed by atoms with van der Waals surface area (Å²) < 4.78 is 62.1. The van der Waals surface area contributed by atoms with Crippen molar-refractivity contribution in [2.75, 3.05) is 27.4 Å². The summed E-state index contributed by atoms with van der Waals surface area (Å²) in [7, 11) is -1.23. The number of amides is 4. The van der Waals surface area contributed by atoms with Crippen molar-refractivity contribution in [1.29, 1.82) is 0 Å². The van der Waals surface area contributed by atoms with E-state index in [1.807, 2.05) is 31.2 Å². The summed E-state index contributed by atoms with van der Waals surface area (Å²) >= 11 is 0. The number of pyridine rings is 1. The summed E-state index contributed by atoms with van der Waals surface area (Å²) in [5, 5.41) is 4.30. The third-order valence-corrected chi connectivity index (χ3v) is 13.1. The van der Waals surface area contributed by atoms with Gasteiger partial charge in [-0.15, -0.1) is 0 Å². The maximum absolute atomic E-state index is 14.1. The molecule has 2 aromatic rings. The molecule has 2 aliphatic heterocycles. The highest BCUT2D eigenvalue weighted by Gasteiger charge is 2.64. The maximum atomic E-state index is 14.1. The molecule has 1 aromatic heterocycles. The smallest absolute Gasteiger partial charge is 0.405 e. The lowest BCUT2D eigenvalue weighted by Gasteiger charge is -2.28. The Morgan fingerprint density at radius 3 is 2.39 bits per heavy atom. The highest BCUT2D eigenvalue weighted by atomic mass is 32.2. The van der Waals surface area contributed by atoms with Crippen LogP contribution in [0.1, 0.15) is 90.3 Å². The Labute approximate surface area is 338 Å². The molecule has 0 bridgehead atoms. The summed E-state index contributed by atoms with van der Waals surface area (Å²) in [5.74, 6) is -0.400. The molecule has 0 radical (unpaired) electrons. The minimum Gasteiger partial charge on any atom is -0.493 e. The van der Waals surface area contributed by atoms with E-state index in [9.17, 15) is 32.0 Å². The molecule has 6 rings (SSSR count). The van der Waals surface area contributed by atoms with Gasteiger partial charge in [-0.25, -0.2) is 22.6 Å². The van der Waals surface area contributed by atoms with Crippen molar-refractivity contribution < 1.29 is 55.2 Å². The second-order valence-electron chi connectivity index (χ2n) is 16.8. The summed E-state index contributed by atoms with van der Waals surface area (Å²) in [6.45, 7) is 8.47. The topological polar surface area (TPSA) is 206 Å². The van der Waals surface area contributed by atoms with Gasteiger partial charge < -0.3 is 34.9 Å². The summed E-state index contributed by atoms with van der Waals surface area (Å²) in [6.07, 6.45) is 7.30. The molecule has 6 atom stereocenters. The van der Waals surface area contributed by atoms with E-state index in [0.717, 1.165) is 24.6 Å². The zero-order chi connectivity index (χ0) is 41.9. The van der Waals surface area contributed by atoms with Gasteiger partial charge in [0.2, 0.25) is 27.7 Å². The first kappa shape index (κ1) is 43.5. The van der Waals surface area contributed by atoms with Crippen molar-refractivity contribution in [1.82, 2.24) is 19.9 Å². The Kier molecular flexibility index (Phi) is 13.0. The van der Waals surface area contributed by atoms with Gasteiger partial charge in [0.1, 0.15) is 34.7 Å². The summed E-state index contributed by atoms with van der Waals surface area (Å²) in [4.78, 5) is 57.6. The fraction of sp³-hybridized carbons (Fsp3) is 0.625. The molecule has 0 unspecified atom stereocenters. The number of nitrogens with one attached hydrogen (secondary N) is 2. The van der Waals surface area contributed by atoms with Crippen molar-refractivity contribution in [3.8, 4) is 17.4 Å². The second-order valence-corrected chi connectivity index (χ2v) is 18.9. The van der Waals surface area contributed by atoms with E-state index in [2.05, 4.69) is 26.7 Å². The molecular weight excluding hydrogens is 762 g/mol. The van der Waals surface area contributed by atoms with Crippen LogP contribution in [0, 0.1) is 17.8 Å². The maximum Gasteiger partial charge on any atom is 0.405 e. The van der Waals surface area contributed by atoms with Crippen LogP contribution in [0.3, 0.4) is 0 Å². The number of ether oxygens (including phenoxy) is 4. The Morgan fingerprint density at radius 1 is 1.11 bits per heavy atom. The van der Waals surface area contributed by atoms with Gasteiger partial charge in [0.05, 0.1) is 20.8 Å². The normalized spacial score (nSPS) is 27.8. The lowest BCUT2D eigenvalue weighted by molar-refractivity contribution is -0.140. The Morgan fingerprint density at radius 2 is 1.79 bits per heavy atom. The van der Waals surface area contributed by atoms with E-state index in [1.165, 1.54) is 12.0 Å². The third kappa shape index (κ3) is 10.1. The van der Waals surface area contributed by atoms with Crippen LogP contribution in [0.15, 0.2) is 36.5 Å². The molecule has 1 saturated heterocycles. The Balaban J connectivity index is 0.00000103. The average molecular weight is 824 g/mol. The number of nitrogens with zero attached hydrogens (tertiary/aromatic N) is 2. The van der Waals surface area contributed by atoms with Crippen LogP contribution in [0.4, 0.5) is 9.18 Å². The molecular formula is C40H62FN5O10S. The lowest BCUT2D eigenvalue weighted by Crippen LogP contribution is -2.57. The zero-order valence-corrected chi connectivity index (χ0v) is 34.6. The molecule has 2 saturated carbocycles. The number of halogens is 1. The number of carbonyl (C=O) groups excluding carboxylic acids is 4. The summed E-state index contributed by atoms with van der Waals surface area (Å²) in [5.41, 5.74) is 2.72. The molecule has 15 nitrogen and oxygen atoms in total. The molecule has 2 aliphatic carbocycles.